The number of rotatable bonds is 10. The Labute approximate surface area is 182 Å². The summed E-state index contributed by atoms with van der Waals surface area (Å²) in [5.74, 6) is 0. The topological polar surface area (TPSA) is 0 Å². The molecule has 0 radical (unpaired) electrons. The Morgan fingerprint density at radius 3 is 1.23 bits per heavy atom. The fraction of sp³-hybridized carbons (Fsp3) is 0.400. The van der Waals surface area contributed by atoms with Gasteiger partial charge in [-0.15, -0.1) is 0 Å². The van der Waals surface area contributed by atoms with Crippen LogP contribution in [0.1, 0.15) is 76.3 Å². The molecule has 0 atom stereocenters. The molecule has 0 heterocycles. The lowest BCUT2D eigenvalue weighted by Crippen LogP contribution is -1.88. The first-order valence-electron chi connectivity index (χ1n) is 12.2. The van der Waals surface area contributed by atoms with Gasteiger partial charge in [-0.3, -0.25) is 0 Å². The van der Waals surface area contributed by atoms with Gasteiger partial charge in [0.25, 0.3) is 0 Å². The first-order valence-corrected chi connectivity index (χ1v) is 12.2. The van der Waals surface area contributed by atoms with E-state index < -0.39 is 0 Å². The van der Waals surface area contributed by atoms with Crippen molar-refractivity contribution in [2.24, 2.45) is 0 Å². The lowest BCUT2D eigenvalue weighted by Gasteiger charge is -2.09. The Bertz CT molecular complexity index is 1030. The van der Waals surface area contributed by atoms with Crippen molar-refractivity contribution in [3.05, 3.63) is 71.8 Å². The molecular weight excluding hydrogens is 360 g/mol. The van der Waals surface area contributed by atoms with E-state index in [4.69, 9.17) is 0 Å². The molecule has 0 amide bonds. The fourth-order valence-electron chi connectivity index (χ4n) is 4.67. The number of fused-ring (bicyclic) bond motifs is 3. The molecule has 0 fully saturated rings. The van der Waals surface area contributed by atoms with Crippen LogP contribution in [0, 0.1) is 0 Å². The van der Waals surface area contributed by atoms with E-state index in [1.54, 1.807) is 0 Å². The van der Waals surface area contributed by atoms with Gasteiger partial charge in [0, 0.05) is 0 Å². The van der Waals surface area contributed by atoms with E-state index in [1.807, 2.05) is 0 Å². The molecule has 0 saturated heterocycles. The Balaban J connectivity index is 1.60. The normalized spacial score (nSPS) is 11.7. The van der Waals surface area contributed by atoms with Crippen LogP contribution in [0.2, 0.25) is 0 Å². The summed E-state index contributed by atoms with van der Waals surface area (Å²) in [6.45, 7) is 4.56. The molecular formula is C30H36. The summed E-state index contributed by atoms with van der Waals surface area (Å²) in [5, 5.41) is 8.18. The lowest BCUT2D eigenvalue weighted by molar-refractivity contribution is 0.667. The molecule has 0 unspecified atom stereocenters. The van der Waals surface area contributed by atoms with E-state index in [0.717, 1.165) is 0 Å². The van der Waals surface area contributed by atoms with Crippen molar-refractivity contribution in [1.29, 1.82) is 0 Å². The summed E-state index contributed by atoms with van der Waals surface area (Å²) in [5.41, 5.74) is 2.96. The van der Waals surface area contributed by atoms with E-state index in [0.29, 0.717) is 0 Å². The molecule has 0 saturated carbocycles. The highest BCUT2D eigenvalue weighted by Crippen LogP contribution is 2.29. The Morgan fingerprint density at radius 2 is 0.800 bits per heavy atom. The second kappa shape index (κ2) is 10.1. The van der Waals surface area contributed by atoms with Gasteiger partial charge in [0.15, 0.2) is 0 Å². The number of hydrogen-bond acceptors (Lipinski definition) is 0. The van der Waals surface area contributed by atoms with Gasteiger partial charge in [-0.2, -0.15) is 0 Å². The van der Waals surface area contributed by atoms with Crippen LogP contribution in [0.5, 0.6) is 0 Å². The Morgan fingerprint density at radius 1 is 0.400 bits per heavy atom. The van der Waals surface area contributed by atoms with E-state index >= 15 is 0 Å². The van der Waals surface area contributed by atoms with Crippen LogP contribution in [-0.4, -0.2) is 0 Å². The standard InChI is InChI=1S/C30H36/c1-3-5-7-9-11-23-13-15-25-19-29-20-26-16-14-24(12-10-8-6-4-2)18-28(26)22-30(29)21-27(25)17-23/h13-22H,3-12H2,1-2H3. The quantitative estimate of drug-likeness (QED) is 0.185. The third kappa shape index (κ3) is 5.04. The predicted octanol–water partition coefficient (Wildman–Crippen LogP) is 9.39. The van der Waals surface area contributed by atoms with Gasteiger partial charge in [0.2, 0.25) is 0 Å². The molecule has 0 nitrogen and oxygen atoms in total. The summed E-state index contributed by atoms with van der Waals surface area (Å²) < 4.78 is 0. The highest BCUT2D eigenvalue weighted by molar-refractivity contribution is 6.04. The number of unbranched alkanes of at least 4 members (excludes halogenated alkanes) is 6. The van der Waals surface area contributed by atoms with Gasteiger partial charge in [-0.1, -0.05) is 88.8 Å². The van der Waals surface area contributed by atoms with E-state index in [2.05, 4.69) is 74.5 Å². The molecule has 4 aromatic carbocycles. The third-order valence-electron chi connectivity index (χ3n) is 6.52. The second-order valence-corrected chi connectivity index (χ2v) is 9.04. The third-order valence-corrected chi connectivity index (χ3v) is 6.52. The van der Waals surface area contributed by atoms with Crippen LogP contribution in [0.25, 0.3) is 32.3 Å². The van der Waals surface area contributed by atoms with Crippen molar-refractivity contribution in [3.63, 3.8) is 0 Å². The van der Waals surface area contributed by atoms with Gasteiger partial charge in [-0.25, -0.2) is 0 Å². The smallest absolute Gasteiger partial charge is 0.0171 e. The Kier molecular flexibility index (Phi) is 7.05. The summed E-state index contributed by atoms with van der Waals surface area (Å²) >= 11 is 0. The lowest BCUT2D eigenvalue weighted by atomic mass is 9.96. The van der Waals surface area contributed by atoms with Crippen LogP contribution in [0.15, 0.2) is 60.7 Å². The zero-order chi connectivity index (χ0) is 20.8. The SMILES string of the molecule is CCCCCCc1ccc2cc3cc4ccc(CCCCCC)cc4cc3cc2c1. The summed E-state index contributed by atoms with van der Waals surface area (Å²) in [4.78, 5) is 0. The maximum Gasteiger partial charge on any atom is -0.0171 e. The second-order valence-electron chi connectivity index (χ2n) is 9.04. The molecule has 0 heteroatoms. The average Bonchev–Trinajstić information content (AvgIpc) is 2.77. The minimum Gasteiger partial charge on any atom is -0.0654 e. The highest BCUT2D eigenvalue weighted by atomic mass is 14.1. The minimum atomic E-state index is 1.20. The van der Waals surface area contributed by atoms with Crippen LogP contribution in [0.3, 0.4) is 0 Å². The van der Waals surface area contributed by atoms with Crippen molar-refractivity contribution in [3.8, 4) is 0 Å². The zero-order valence-corrected chi connectivity index (χ0v) is 18.8. The molecule has 0 aliphatic heterocycles. The van der Waals surface area contributed by atoms with Crippen LogP contribution >= 0.6 is 0 Å². The summed E-state index contributed by atoms with van der Waals surface area (Å²) in [6, 6.07) is 23.6. The monoisotopic (exact) mass is 396 g/mol. The Hall–Kier alpha value is -2.34. The molecule has 4 aromatic rings. The van der Waals surface area contributed by atoms with Gasteiger partial charge >= 0.3 is 0 Å². The number of aryl methyl sites for hydroxylation is 2. The first kappa shape index (κ1) is 20.9. The molecule has 30 heavy (non-hydrogen) atoms. The van der Waals surface area contributed by atoms with Gasteiger partial charge < -0.3 is 0 Å². The summed E-state index contributed by atoms with van der Waals surface area (Å²) in [7, 11) is 0. The molecule has 0 aliphatic carbocycles. The van der Waals surface area contributed by atoms with Gasteiger partial charge in [0.1, 0.15) is 0 Å². The maximum atomic E-state index is 2.41. The van der Waals surface area contributed by atoms with E-state index in [-0.39, 0.29) is 0 Å². The molecule has 4 rings (SSSR count). The van der Waals surface area contributed by atoms with Gasteiger partial charge in [0.05, 0.1) is 0 Å². The van der Waals surface area contributed by atoms with Crippen molar-refractivity contribution in [2.45, 2.75) is 78.1 Å². The van der Waals surface area contributed by atoms with Gasteiger partial charge in [-0.05, 0) is 93.4 Å². The minimum absolute atomic E-state index is 1.20. The number of benzene rings is 4. The largest absolute Gasteiger partial charge is 0.0654 e. The van der Waals surface area contributed by atoms with E-state index in [1.165, 1.54) is 108 Å². The first-order chi connectivity index (χ1) is 14.8. The zero-order valence-electron chi connectivity index (χ0n) is 18.8. The van der Waals surface area contributed by atoms with E-state index in [9.17, 15) is 0 Å². The average molecular weight is 397 g/mol. The van der Waals surface area contributed by atoms with Crippen molar-refractivity contribution in [1.82, 2.24) is 0 Å². The maximum absolute atomic E-state index is 2.41. The van der Waals surface area contributed by atoms with Crippen LogP contribution in [0.4, 0.5) is 0 Å². The van der Waals surface area contributed by atoms with Crippen molar-refractivity contribution >= 4 is 32.3 Å². The van der Waals surface area contributed by atoms with Crippen molar-refractivity contribution < 1.29 is 0 Å². The molecule has 0 aliphatic rings. The highest BCUT2D eigenvalue weighted by Gasteiger charge is 2.04. The molecule has 0 N–H and O–H groups in total. The number of hydrogen-bond donors (Lipinski definition) is 0. The fourth-order valence-corrected chi connectivity index (χ4v) is 4.67. The van der Waals surface area contributed by atoms with Crippen LogP contribution in [-0.2, 0) is 12.8 Å². The van der Waals surface area contributed by atoms with Crippen LogP contribution < -0.4 is 0 Å². The molecule has 0 aromatic heterocycles. The summed E-state index contributed by atoms with van der Waals surface area (Å²) in [6.07, 6.45) is 13.0. The van der Waals surface area contributed by atoms with Crippen molar-refractivity contribution in [2.75, 3.05) is 0 Å². The molecule has 0 spiro atoms. The molecule has 0 bridgehead atoms. The predicted molar refractivity (Wildman–Crippen MR) is 135 cm³/mol. The molecule has 156 valence electrons.